The van der Waals surface area contributed by atoms with E-state index in [0.29, 0.717) is 30.1 Å². The molecule has 0 saturated heterocycles. The second-order valence-electron chi connectivity index (χ2n) is 5.30. The van der Waals surface area contributed by atoms with Gasteiger partial charge in [0.15, 0.2) is 0 Å². The van der Waals surface area contributed by atoms with Crippen LogP contribution in [-0.2, 0) is 16.4 Å². The molecule has 0 amide bonds. The Balaban J connectivity index is 1.72. The third kappa shape index (κ3) is 4.02. The molecule has 10 heteroatoms. The number of sulfone groups is 1. The van der Waals surface area contributed by atoms with Crippen molar-refractivity contribution < 1.29 is 8.42 Å². The second kappa shape index (κ2) is 6.75. The molecule has 0 aliphatic rings. The van der Waals surface area contributed by atoms with Crippen LogP contribution in [0, 0.1) is 0 Å². The molecular weight excluding hydrogens is 348 g/mol. The molecule has 3 heterocycles. The van der Waals surface area contributed by atoms with Crippen molar-refractivity contribution in [2.45, 2.75) is 6.54 Å². The minimum absolute atomic E-state index is 0.107. The van der Waals surface area contributed by atoms with E-state index in [9.17, 15) is 8.42 Å². The fraction of sp³-hybridized carbons (Fsp3) is 0.286. The molecule has 0 aliphatic heterocycles. The minimum Gasteiger partial charge on any atom is -0.383 e. The van der Waals surface area contributed by atoms with Gasteiger partial charge in [-0.15, -0.1) is 11.3 Å². The van der Waals surface area contributed by atoms with Crippen LogP contribution in [-0.4, -0.2) is 46.9 Å². The summed E-state index contributed by atoms with van der Waals surface area (Å²) in [6.07, 6.45) is 4.27. The SMILES string of the molecule is CS(=O)(=O)CCNCc1csc(-c2cc3c(N)ncnc3cn2)n1. The van der Waals surface area contributed by atoms with Gasteiger partial charge in [-0.3, -0.25) is 4.98 Å². The summed E-state index contributed by atoms with van der Waals surface area (Å²) < 4.78 is 22.2. The number of nitrogens with one attached hydrogen (secondary N) is 1. The van der Waals surface area contributed by atoms with Crippen molar-refractivity contribution in [1.82, 2.24) is 25.3 Å². The normalized spacial score (nSPS) is 11.9. The van der Waals surface area contributed by atoms with Crippen LogP contribution in [0.2, 0.25) is 0 Å². The number of nitrogens with zero attached hydrogens (tertiary/aromatic N) is 4. The van der Waals surface area contributed by atoms with Crippen molar-refractivity contribution in [1.29, 1.82) is 0 Å². The monoisotopic (exact) mass is 364 g/mol. The van der Waals surface area contributed by atoms with Gasteiger partial charge in [-0.05, 0) is 6.07 Å². The highest BCUT2D eigenvalue weighted by Crippen LogP contribution is 2.26. The average Bonchev–Trinajstić information content (AvgIpc) is 3.00. The Hall–Kier alpha value is -2.17. The molecule has 0 unspecified atom stereocenters. The molecule has 0 bridgehead atoms. The predicted octanol–water partition coefficient (Wildman–Crippen LogP) is 0.865. The Kier molecular flexibility index (Phi) is 4.69. The van der Waals surface area contributed by atoms with Crippen molar-refractivity contribution in [3.05, 3.63) is 29.7 Å². The van der Waals surface area contributed by atoms with Crippen molar-refractivity contribution in [2.24, 2.45) is 0 Å². The summed E-state index contributed by atoms with van der Waals surface area (Å²) in [5.41, 5.74) is 8.10. The van der Waals surface area contributed by atoms with E-state index in [2.05, 4.69) is 25.3 Å². The summed E-state index contributed by atoms with van der Waals surface area (Å²) >= 11 is 1.47. The van der Waals surface area contributed by atoms with Gasteiger partial charge in [0.05, 0.1) is 28.9 Å². The van der Waals surface area contributed by atoms with E-state index in [-0.39, 0.29) is 5.75 Å². The third-order valence-corrected chi connectivity index (χ3v) is 5.14. The molecule has 0 aliphatic carbocycles. The van der Waals surface area contributed by atoms with Gasteiger partial charge in [0.1, 0.15) is 27.0 Å². The van der Waals surface area contributed by atoms with Crippen LogP contribution in [0.15, 0.2) is 24.0 Å². The largest absolute Gasteiger partial charge is 0.383 e. The van der Waals surface area contributed by atoms with Crippen LogP contribution in [0.25, 0.3) is 21.6 Å². The number of hydrogen-bond acceptors (Lipinski definition) is 9. The van der Waals surface area contributed by atoms with E-state index in [1.807, 2.05) is 11.4 Å². The van der Waals surface area contributed by atoms with Crippen LogP contribution >= 0.6 is 11.3 Å². The van der Waals surface area contributed by atoms with Gasteiger partial charge < -0.3 is 11.1 Å². The first-order valence-electron chi connectivity index (χ1n) is 7.12. The lowest BCUT2D eigenvalue weighted by atomic mass is 10.2. The molecule has 8 nitrogen and oxygen atoms in total. The Labute approximate surface area is 143 Å². The minimum atomic E-state index is -2.96. The van der Waals surface area contributed by atoms with Crippen LogP contribution in [0.3, 0.4) is 0 Å². The van der Waals surface area contributed by atoms with E-state index in [0.717, 1.165) is 16.1 Å². The summed E-state index contributed by atoms with van der Waals surface area (Å²) in [4.78, 5) is 17.0. The maximum atomic E-state index is 11.1. The Morgan fingerprint density at radius 3 is 2.92 bits per heavy atom. The summed E-state index contributed by atoms with van der Waals surface area (Å²) in [5, 5.41) is 6.49. The van der Waals surface area contributed by atoms with Gasteiger partial charge in [0, 0.05) is 30.1 Å². The van der Waals surface area contributed by atoms with Crippen molar-refractivity contribution >= 4 is 37.9 Å². The van der Waals surface area contributed by atoms with E-state index >= 15 is 0 Å². The van der Waals surface area contributed by atoms with E-state index < -0.39 is 9.84 Å². The fourth-order valence-electron chi connectivity index (χ4n) is 2.08. The molecule has 24 heavy (non-hydrogen) atoms. The number of aromatic nitrogens is 4. The number of rotatable bonds is 6. The quantitative estimate of drug-likeness (QED) is 0.617. The maximum Gasteiger partial charge on any atom is 0.148 e. The van der Waals surface area contributed by atoms with Gasteiger partial charge in [0.25, 0.3) is 0 Å². The molecule has 0 aromatic carbocycles. The molecule has 0 atom stereocenters. The number of hydrogen-bond donors (Lipinski definition) is 2. The lowest BCUT2D eigenvalue weighted by Gasteiger charge is -2.02. The molecule has 0 saturated carbocycles. The zero-order valence-electron chi connectivity index (χ0n) is 12.9. The van der Waals surface area contributed by atoms with Gasteiger partial charge >= 0.3 is 0 Å². The Morgan fingerprint density at radius 2 is 2.12 bits per heavy atom. The zero-order chi connectivity index (χ0) is 17.2. The van der Waals surface area contributed by atoms with Gasteiger partial charge in [-0.1, -0.05) is 0 Å². The smallest absolute Gasteiger partial charge is 0.148 e. The van der Waals surface area contributed by atoms with Gasteiger partial charge in [0.2, 0.25) is 0 Å². The standard InChI is InChI=1S/C14H16N6O2S2/c1-24(21,22)3-2-16-5-9-7-23-14(20-9)11-4-10-12(6-17-11)18-8-19-13(10)15/h4,6-8,16H,2-3,5H2,1H3,(H2,15,18,19). The highest BCUT2D eigenvalue weighted by Gasteiger charge is 2.09. The highest BCUT2D eigenvalue weighted by atomic mass is 32.2. The fourth-order valence-corrected chi connectivity index (χ4v) is 3.38. The third-order valence-electron chi connectivity index (χ3n) is 3.28. The highest BCUT2D eigenvalue weighted by molar-refractivity contribution is 7.90. The van der Waals surface area contributed by atoms with Gasteiger partial charge in [-0.25, -0.2) is 23.4 Å². The molecule has 3 N–H and O–H groups in total. The molecule has 0 radical (unpaired) electrons. The van der Waals surface area contributed by atoms with Crippen molar-refractivity contribution in [3.8, 4) is 10.7 Å². The summed E-state index contributed by atoms with van der Waals surface area (Å²) in [7, 11) is -2.96. The summed E-state index contributed by atoms with van der Waals surface area (Å²) in [6.45, 7) is 0.901. The van der Waals surface area contributed by atoms with E-state index in [1.54, 1.807) is 6.20 Å². The first kappa shape index (κ1) is 16.7. The van der Waals surface area contributed by atoms with Crippen LogP contribution in [0.1, 0.15) is 5.69 Å². The molecule has 0 spiro atoms. The predicted molar refractivity (Wildman–Crippen MR) is 94.3 cm³/mol. The topological polar surface area (TPSA) is 124 Å². The molecular formula is C14H16N6O2S2. The first-order chi connectivity index (χ1) is 11.4. The number of anilines is 1. The lowest BCUT2D eigenvalue weighted by molar-refractivity contribution is 0.596. The van der Waals surface area contributed by atoms with Crippen molar-refractivity contribution in [2.75, 3.05) is 24.3 Å². The number of nitrogens with two attached hydrogens (primary N) is 1. The number of pyridine rings is 1. The molecule has 126 valence electrons. The van der Waals surface area contributed by atoms with Crippen LogP contribution < -0.4 is 11.1 Å². The lowest BCUT2D eigenvalue weighted by Crippen LogP contribution is -2.22. The molecule has 0 fully saturated rings. The summed E-state index contributed by atoms with van der Waals surface area (Å²) in [5.74, 6) is 0.512. The van der Waals surface area contributed by atoms with Crippen molar-refractivity contribution in [3.63, 3.8) is 0 Å². The van der Waals surface area contributed by atoms with Gasteiger partial charge in [-0.2, -0.15) is 0 Å². The number of nitrogen functional groups attached to an aromatic ring is 1. The maximum absolute atomic E-state index is 11.1. The summed E-state index contributed by atoms with van der Waals surface area (Å²) in [6, 6.07) is 1.82. The Morgan fingerprint density at radius 1 is 1.29 bits per heavy atom. The number of thiazole rings is 1. The first-order valence-corrected chi connectivity index (χ1v) is 10.1. The Bertz CT molecular complexity index is 970. The van der Waals surface area contributed by atoms with Crippen LogP contribution in [0.5, 0.6) is 0 Å². The molecule has 3 rings (SSSR count). The van der Waals surface area contributed by atoms with Crippen LogP contribution in [0.4, 0.5) is 5.82 Å². The molecule has 3 aromatic rings. The second-order valence-corrected chi connectivity index (χ2v) is 8.41. The van der Waals surface area contributed by atoms with E-state index in [1.165, 1.54) is 23.9 Å². The van der Waals surface area contributed by atoms with E-state index in [4.69, 9.17) is 5.73 Å². The zero-order valence-corrected chi connectivity index (χ0v) is 14.6. The average molecular weight is 364 g/mol. The number of fused-ring (bicyclic) bond motifs is 1. The molecule has 3 aromatic heterocycles.